The van der Waals surface area contributed by atoms with Crippen LogP contribution >= 0.6 is 0 Å². The summed E-state index contributed by atoms with van der Waals surface area (Å²) in [6.07, 6.45) is 3.45. The number of nitrogens with one attached hydrogen (secondary N) is 1. The fraction of sp³-hybridized carbons (Fsp3) is 0.667. The molecule has 0 aliphatic heterocycles. The van der Waals surface area contributed by atoms with Gasteiger partial charge in [0.1, 0.15) is 5.75 Å². The van der Waals surface area contributed by atoms with E-state index < -0.39 is 0 Å². The highest BCUT2D eigenvalue weighted by molar-refractivity contribution is 5.26. The molecule has 0 saturated heterocycles. The molecular formula is C18H32N2O. The molecule has 0 saturated carbocycles. The van der Waals surface area contributed by atoms with Crippen LogP contribution in [0.1, 0.15) is 39.2 Å². The molecule has 1 rings (SSSR count). The molecule has 2 unspecified atom stereocenters. The Kier molecular flexibility index (Phi) is 7.76. The Bertz CT molecular complexity index is 385. The molecule has 0 spiro atoms. The summed E-state index contributed by atoms with van der Waals surface area (Å²) in [6, 6.07) is 8.54. The van der Waals surface area contributed by atoms with Gasteiger partial charge < -0.3 is 15.3 Å². The highest BCUT2D eigenvalue weighted by atomic mass is 16.3. The van der Waals surface area contributed by atoms with E-state index in [1.54, 1.807) is 12.1 Å². The van der Waals surface area contributed by atoms with Gasteiger partial charge in [0.25, 0.3) is 0 Å². The topological polar surface area (TPSA) is 35.5 Å². The third-order valence-electron chi connectivity index (χ3n) is 4.41. The average Bonchev–Trinajstić information content (AvgIpc) is 2.45. The van der Waals surface area contributed by atoms with Crippen molar-refractivity contribution in [3.63, 3.8) is 0 Å². The van der Waals surface area contributed by atoms with E-state index in [-0.39, 0.29) is 0 Å². The molecule has 0 amide bonds. The van der Waals surface area contributed by atoms with Gasteiger partial charge in [0.05, 0.1) is 0 Å². The number of phenols is 1. The van der Waals surface area contributed by atoms with Crippen LogP contribution in [-0.2, 0) is 6.42 Å². The number of hydrogen-bond acceptors (Lipinski definition) is 3. The van der Waals surface area contributed by atoms with Gasteiger partial charge in [-0.2, -0.15) is 0 Å². The maximum atomic E-state index is 9.32. The second-order valence-corrected chi connectivity index (χ2v) is 6.29. The van der Waals surface area contributed by atoms with Crippen molar-refractivity contribution in [1.29, 1.82) is 0 Å². The fourth-order valence-corrected chi connectivity index (χ4v) is 2.98. The van der Waals surface area contributed by atoms with Gasteiger partial charge in [-0.25, -0.2) is 0 Å². The van der Waals surface area contributed by atoms with E-state index in [0.717, 1.165) is 18.9 Å². The smallest absolute Gasteiger partial charge is 0.115 e. The molecule has 1 aromatic carbocycles. The van der Waals surface area contributed by atoms with Gasteiger partial charge in [0.15, 0.2) is 0 Å². The summed E-state index contributed by atoms with van der Waals surface area (Å²) in [4.78, 5) is 2.35. The molecule has 0 fully saturated rings. The monoisotopic (exact) mass is 292 g/mol. The predicted molar refractivity (Wildman–Crippen MR) is 90.8 cm³/mol. The second-order valence-electron chi connectivity index (χ2n) is 6.29. The number of rotatable bonds is 9. The van der Waals surface area contributed by atoms with Gasteiger partial charge in [-0.3, -0.25) is 0 Å². The maximum Gasteiger partial charge on any atom is 0.115 e. The van der Waals surface area contributed by atoms with Crippen LogP contribution in [0.15, 0.2) is 24.3 Å². The van der Waals surface area contributed by atoms with Gasteiger partial charge in [-0.15, -0.1) is 0 Å². The summed E-state index contributed by atoms with van der Waals surface area (Å²) >= 11 is 0. The third-order valence-corrected chi connectivity index (χ3v) is 4.41. The molecule has 0 radical (unpaired) electrons. The first-order valence-electron chi connectivity index (χ1n) is 8.15. The zero-order valence-electron chi connectivity index (χ0n) is 14.3. The Labute approximate surface area is 130 Å². The molecule has 21 heavy (non-hydrogen) atoms. The largest absolute Gasteiger partial charge is 0.508 e. The van der Waals surface area contributed by atoms with Gasteiger partial charge >= 0.3 is 0 Å². The van der Waals surface area contributed by atoms with Crippen molar-refractivity contribution in [2.24, 2.45) is 5.92 Å². The van der Waals surface area contributed by atoms with Crippen LogP contribution in [0.3, 0.4) is 0 Å². The van der Waals surface area contributed by atoms with Crippen molar-refractivity contribution in [3.05, 3.63) is 29.8 Å². The molecular weight excluding hydrogens is 260 g/mol. The molecule has 3 heteroatoms. The summed E-state index contributed by atoms with van der Waals surface area (Å²) in [7, 11) is 4.35. The standard InChI is InChI=1S/C18H32N2O/c1-6-16(7-2)18(20(4)5)13-19-14(3)12-15-8-10-17(21)11-9-15/h8-11,14,16,18-19,21H,6-7,12-13H2,1-5H3. The van der Waals surface area contributed by atoms with Gasteiger partial charge in [-0.1, -0.05) is 38.8 Å². The van der Waals surface area contributed by atoms with Crippen LogP contribution in [0.4, 0.5) is 0 Å². The summed E-state index contributed by atoms with van der Waals surface area (Å²) in [6.45, 7) is 7.82. The normalized spacial score (nSPS) is 14.6. The van der Waals surface area contributed by atoms with Gasteiger partial charge in [0.2, 0.25) is 0 Å². The third kappa shape index (κ3) is 6.06. The van der Waals surface area contributed by atoms with Crippen LogP contribution in [0.5, 0.6) is 5.75 Å². The zero-order chi connectivity index (χ0) is 15.8. The zero-order valence-corrected chi connectivity index (χ0v) is 14.3. The quantitative estimate of drug-likeness (QED) is 0.733. The van der Waals surface area contributed by atoms with Gasteiger partial charge in [0, 0.05) is 18.6 Å². The van der Waals surface area contributed by atoms with Crippen LogP contribution in [0, 0.1) is 5.92 Å². The minimum Gasteiger partial charge on any atom is -0.508 e. The first-order chi connectivity index (χ1) is 9.97. The number of hydrogen-bond donors (Lipinski definition) is 2. The van der Waals surface area contributed by atoms with E-state index >= 15 is 0 Å². The van der Waals surface area contributed by atoms with E-state index in [1.807, 2.05) is 12.1 Å². The van der Waals surface area contributed by atoms with Gasteiger partial charge in [-0.05, 0) is 51.1 Å². The number of nitrogens with zero attached hydrogens (tertiary/aromatic N) is 1. The maximum absolute atomic E-state index is 9.32. The molecule has 0 aliphatic carbocycles. The number of likely N-dealkylation sites (N-methyl/N-ethyl adjacent to an activating group) is 1. The summed E-state index contributed by atoms with van der Waals surface area (Å²) < 4.78 is 0. The highest BCUT2D eigenvalue weighted by Gasteiger charge is 2.20. The second kappa shape index (κ2) is 9.06. The van der Waals surface area contributed by atoms with E-state index in [1.165, 1.54) is 18.4 Å². The van der Waals surface area contributed by atoms with Crippen molar-refractivity contribution < 1.29 is 5.11 Å². The lowest BCUT2D eigenvalue weighted by molar-refractivity contribution is 0.190. The Morgan fingerprint density at radius 1 is 1.10 bits per heavy atom. The lowest BCUT2D eigenvalue weighted by Gasteiger charge is -2.32. The molecule has 2 atom stereocenters. The molecule has 2 N–H and O–H groups in total. The number of benzene rings is 1. The SMILES string of the molecule is CCC(CC)C(CNC(C)Cc1ccc(O)cc1)N(C)C. The number of phenolic OH excluding ortho intramolecular Hbond substituents is 1. The summed E-state index contributed by atoms with van der Waals surface area (Å²) in [5.74, 6) is 1.08. The van der Waals surface area contributed by atoms with E-state index in [0.29, 0.717) is 17.8 Å². The molecule has 3 nitrogen and oxygen atoms in total. The van der Waals surface area contributed by atoms with E-state index in [9.17, 15) is 5.11 Å². The first-order valence-corrected chi connectivity index (χ1v) is 8.15. The predicted octanol–water partition coefficient (Wildman–Crippen LogP) is 3.28. The number of aromatic hydroxyl groups is 1. The van der Waals surface area contributed by atoms with Crippen molar-refractivity contribution in [2.45, 2.75) is 52.1 Å². The molecule has 0 heterocycles. The molecule has 0 bridgehead atoms. The van der Waals surface area contributed by atoms with Crippen molar-refractivity contribution in [3.8, 4) is 5.75 Å². The van der Waals surface area contributed by atoms with Crippen LogP contribution in [0.25, 0.3) is 0 Å². The highest BCUT2D eigenvalue weighted by Crippen LogP contribution is 2.17. The lowest BCUT2D eigenvalue weighted by Crippen LogP contribution is -2.45. The summed E-state index contributed by atoms with van der Waals surface area (Å²) in [5.41, 5.74) is 1.26. The minimum atomic E-state index is 0.334. The van der Waals surface area contributed by atoms with E-state index in [2.05, 4.69) is 45.1 Å². The molecule has 1 aromatic rings. The van der Waals surface area contributed by atoms with E-state index in [4.69, 9.17) is 0 Å². The molecule has 0 aromatic heterocycles. The van der Waals surface area contributed by atoms with Crippen molar-refractivity contribution in [1.82, 2.24) is 10.2 Å². The molecule has 120 valence electrons. The summed E-state index contributed by atoms with van der Waals surface area (Å²) in [5, 5.41) is 13.0. The van der Waals surface area contributed by atoms with Crippen molar-refractivity contribution >= 4 is 0 Å². The Morgan fingerprint density at radius 2 is 1.67 bits per heavy atom. The Morgan fingerprint density at radius 3 is 2.14 bits per heavy atom. The van der Waals surface area contributed by atoms with Crippen LogP contribution < -0.4 is 5.32 Å². The fourth-order valence-electron chi connectivity index (χ4n) is 2.98. The Hall–Kier alpha value is -1.06. The molecule has 0 aliphatic rings. The Balaban J connectivity index is 2.49. The minimum absolute atomic E-state index is 0.334. The van der Waals surface area contributed by atoms with Crippen molar-refractivity contribution in [2.75, 3.05) is 20.6 Å². The van der Waals surface area contributed by atoms with Crippen LogP contribution in [-0.4, -0.2) is 42.7 Å². The average molecular weight is 292 g/mol. The first kappa shape index (κ1) is 18.0. The lowest BCUT2D eigenvalue weighted by atomic mass is 9.93. The van der Waals surface area contributed by atoms with Crippen LogP contribution in [0.2, 0.25) is 0 Å².